The molecule has 0 bridgehead atoms. The number of H-pyrrole nitrogens is 1. The maximum Gasteiger partial charge on any atom is 0.417 e. The van der Waals surface area contributed by atoms with Gasteiger partial charge in [-0.25, -0.2) is 9.78 Å². The van der Waals surface area contributed by atoms with Gasteiger partial charge in [0.25, 0.3) is 5.91 Å². The number of aryl methyl sites for hydroxylation is 1. The van der Waals surface area contributed by atoms with Gasteiger partial charge in [-0.3, -0.25) is 4.79 Å². The van der Waals surface area contributed by atoms with Crippen molar-refractivity contribution in [2.75, 3.05) is 37.7 Å². The minimum atomic E-state index is -4.43. The van der Waals surface area contributed by atoms with E-state index >= 15 is 0 Å². The van der Waals surface area contributed by atoms with Crippen LogP contribution in [0.15, 0.2) is 18.3 Å². The van der Waals surface area contributed by atoms with Gasteiger partial charge in [0.2, 0.25) is 0 Å². The second-order valence-corrected chi connectivity index (χ2v) is 7.03. The van der Waals surface area contributed by atoms with Crippen molar-refractivity contribution >= 4 is 17.7 Å². The van der Waals surface area contributed by atoms with Crippen LogP contribution in [-0.4, -0.2) is 59.5 Å². The number of nitrogens with one attached hydrogen (secondary N) is 1. The van der Waals surface area contributed by atoms with Gasteiger partial charge in [-0.05, 0) is 38.5 Å². The number of hydrogen-bond acceptors (Lipinski definition) is 5. The molecule has 1 aliphatic rings. The lowest BCUT2D eigenvalue weighted by Crippen LogP contribution is -2.49. The Kier molecular flexibility index (Phi) is 6.04. The Labute approximate surface area is 171 Å². The lowest BCUT2D eigenvalue weighted by atomic mass is 10.1. The third-order valence-electron chi connectivity index (χ3n) is 5.10. The number of nitrogens with zero attached hydrogens (tertiary/aromatic N) is 3. The first-order chi connectivity index (χ1) is 14.1. The quantitative estimate of drug-likeness (QED) is 0.763. The predicted molar refractivity (Wildman–Crippen MR) is 104 cm³/mol. The monoisotopic (exact) mass is 424 g/mol. The Morgan fingerprint density at radius 1 is 1.17 bits per heavy atom. The van der Waals surface area contributed by atoms with Crippen molar-refractivity contribution in [2.24, 2.45) is 0 Å². The lowest BCUT2D eigenvalue weighted by Gasteiger charge is -2.35. The van der Waals surface area contributed by atoms with Crippen LogP contribution < -0.4 is 4.90 Å². The molecule has 1 saturated heterocycles. The van der Waals surface area contributed by atoms with Crippen LogP contribution in [0.3, 0.4) is 0 Å². The molecular weight excluding hydrogens is 401 g/mol. The molecular formula is C20H23F3N4O3. The average molecular weight is 424 g/mol. The van der Waals surface area contributed by atoms with Crippen molar-refractivity contribution in [1.29, 1.82) is 0 Å². The molecule has 7 nitrogen and oxygen atoms in total. The summed E-state index contributed by atoms with van der Waals surface area (Å²) in [7, 11) is 0. The molecule has 10 heteroatoms. The number of aromatic amines is 1. The minimum absolute atomic E-state index is 0.230. The molecule has 2 aromatic rings. The van der Waals surface area contributed by atoms with Crippen molar-refractivity contribution in [2.45, 2.75) is 26.9 Å². The normalized spacial score (nSPS) is 14.7. The van der Waals surface area contributed by atoms with Gasteiger partial charge in [0.05, 0.1) is 17.7 Å². The number of carbonyl (C=O) groups excluding carboxylic acids is 2. The maximum atomic E-state index is 12.9. The number of hydrogen-bond donors (Lipinski definition) is 1. The summed E-state index contributed by atoms with van der Waals surface area (Å²) in [5.74, 6) is -0.265. The number of piperazine rings is 1. The molecule has 162 valence electrons. The number of halogens is 3. The Hall–Kier alpha value is -3.04. The number of aromatic nitrogens is 2. The first-order valence-electron chi connectivity index (χ1n) is 9.57. The smallest absolute Gasteiger partial charge is 0.417 e. The van der Waals surface area contributed by atoms with Crippen LogP contribution in [0.5, 0.6) is 0 Å². The Morgan fingerprint density at radius 3 is 2.37 bits per heavy atom. The lowest BCUT2D eigenvalue weighted by molar-refractivity contribution is -0.137. The summed E-state index contributed by atoms with van der Waals surface area (Å²) in [5.41, 5.74) is 1.03. The molecule has 3 heterocycles. The summed E-state index contributed by atoms with van der Waals surface area (Å²) >= 11 is 0. The van der Waals surface area contributed by atoms with Gasteiger partial charge in [-0.2, -0.15) is 13.2 Å². The highest BCUT2D eigenvalue weighted by Crippen LogP contribution is 2.29. The summed E-state index contributed by atoms with van der Waals surface area (Å²) in [6.07, 6.45) is -3.61. The first-order valence-corrected chi connectivity index (χ1v) is 9.57. The Bertz CT molecular complexity index is 930. The number of amides is 1. The molecule has 30 heavy (non-hydrogen) atoms. The molecule has 1 aliphatic heterocycles. The molecule has 1 fully saturated rings. The summed E-state index contributed by atoms with van der Waals surface area (Å²) in [5, 5.41) is 0. The van der Waals surface area contributed by atoms with E-state index in [4.69, 9.17) is 4.74 Å². The van der Waals surface area contributed by atoms with Gasteiger partial charge < -0.3 is 19.5 Å². The standard InChI is InChI=1S/C20H23F3N4O3/c1-4-30-19(29)16-12(2)17(25-13(16)3)18(28)27-9-7-26(8-10-27)15-6-5-14(11-24-15)20(21,22)23/h5-6,11,25H,4,7-10H2,1-3H3. The van der Waals surface area contributed by atoms with E-state index in [9.17, 15) is 22.8 Å². The summed E-state index contributed by atoms with van der Waals surface area (Å²) in [6, 6.07) is 2.34. The summed E-state index contributed by atoms with van der Waals surface area (Å²) in [4.78, 5) is 35.5. The van der Waals surface area contributed by atoms with Crippen LogP contribution in [0.25, 0.3) is 0 Å². The van der Waals surface area contributed by atoms with E-state index in [1.165, 1.54) is 6.07 Å². The summed E-state index contributed by atoms with van der Waals surface area (Å²) < 4.78 is 43.1. The average Bonchev–Trinajstić information content (AvgIpc) is 3.01. The number of rotatable bonds is 4. The van der Waals surface area contributed by atoms with Gasteiger partial charge >= 0.3 is 12.1 Å². The van der Waals surface area contributed by atoms with Crippen LogP contribution in [0.4, 0.5) is 19.0 Å². The summed E-state index contributed by atoms with van der Waals surface area (Å²) in [6.45, 7) is 7.01. The number of ether oxygens (including phenoxy) is 1. The topological polar surface area (TPSA) is 78.5 Å². The minimum Gasteiger partial charge on any atom is -0.462 e. The van der Waals surface area contributed by atoms with Crippen LogP contribution >= 0.6 is 0 Å². The fourth-order valence-corrected chi connectivity index (χ4v) is 3.51. The Morgan fingerprint density at radius 2 is 1.83 bits per heavy atom. The molecule has 1 N–H and O–H groups in total. The second-order valence-electron chi connectivity index (χ2n) is 7.03. The van der Waals surface area contributed by atoms with E-state index in [2.05, 4.69) is 9.97 Å². The Balaban J connectivity index is 1.67. The van der Waals surface area contributed by atoms with E-state index in [1.807, 2.05) is 4.90 Å². The molecule has 1 amide bonds. The van der Waals surface area contributed by atoms with Crippen molar-refractivity contribution in [1.82, 2.24) is 14.9 Å². The number of carbonyl (C=O) groups is 2. The number of alkyl halides is 3. The third kappa shape index (κ3) is 4.27. The SMILES string of the molecule is CCOC(=O)c1c(C)[nH]c(C(=O)N2CCN(c3ccc(C(F)(F)F)cn3)CC2)c1C. The van der Waals surface area contributed by atoms with E-state index in [0.717, 1.165) is 12.3 Å². The molecule has 0 saturated carbocycles. The molecule has 0 radical (unpaired) electrons. The van der Waals surface area contributed by atoms with Gasteiger partial charge in [0.15, 0.2) is 0 Å². The van der Waals surface area contributed by atoms with E-state index in [-0.39, 0.29) is 12.5 Å². The maximum absolute atomic E-state index is 12.9. The zero-order valence-corrected chi connectivity index (χ0v) is 17.0. The van der Waals surface area contributed by atoms with Crippen molar-refractivity contribution in [3.8, 4) is 0 Å². The highest BCUT2D eigenvalue weighted by Gasteiger charge is 2.32. The largest absolute Gasteiger partial charge is 0.462 e. The molecule has 0 atom stereocenters. The van der Waals surface area contributed by atoms with Crippen LogP contribution in [0.1, 0.15) is 44.6 Å². The molecule has 0 spiro atoms. The van der Waals surface area contributed by atoms with Crippen molar-refractivity contribution in [3.63, 3.8) is 0 Å². The molecule has 3 rings (SSSR count). The number of pyridine rings is 1. The fraction of sp³-hybridized carbons (Fsp3) is 0.450. The van der Waals surface area contributed by atoms with E-state index < -0.39 is 17.7 Å². The third-order valence-corrected chi connectivity index (χ3v) is 5.10. The first kappa shape index (κ1) is 21.7. The zero-order chi connectivity index (χ0) is 22.1. The molecule has 0 aliphatic carbocycles. The van der Waals surface area contributed by atoms with Crippen LogP contribution in [-0.2, 0) is 10.9 Å². The van der Waals surface area contributed by atoms with Crippen molar-refractivity contribution in [3.05, 3.63) is 46.4 Å². The van der Waals surface area contributed by atoms with Crippen molar-refractivity contribution < 1.29 is 27.5 Å². The fourth-order valence-electron chi connectivity index (χ4n) is 3.51. The van der Waals surface area contributed by atoms with Gasteiger partial charge in [-0.15, -0.1) is 0 Å². The molecule has 2 aromatic heterocycles. The van der Waals surface area contributed by atoms with E-state index in [0.29, 0.717) is 54.5 Å². The highest BCUT2D eigenvalue weighted by atomic mass is 19.4. The molecule has 0 aromatic carbocycles. The second kappa shape index (κ2) is 8.37. The molecule has 0 unspecified atom stereocenters. The van der Waals surface area contributed by atoms with Gasteiger partial charge in [0.1, 0.15) is 11.5 Å². The van der Waals surface area contributed by atoms with Gasteiger partial charge in [0, 0.05) is 38.1 Å². The number of anilines is 1. The van der Waals surface area contributed by atoms with E-state index in [1.54, 1.807) is 25.7 Å². The zero-order valence-electron chi connectivity index (χ0n) is 17.0. The predicted octanol–water partition coefficient (Wildman–Crippen LogP) is 3.18. The van der Waals surface area contributed by atoms with Gasteiger partial charge in [-0.1, -0.05) is 0 Å². The van der Waals surface area contributed by atoms with Crippen LogP contribution in [0.2, 0.25) is 0 Å². The highest BCUT2D eigenvalue weighted by molar-refractivity contribution is 6.00. The number of esters is 1. The van der Waals surface area contributed by atoms with Crippen LogP contribution in [0, 0.1) is 13.8 Å².